The predicted molar refractivity (Wildman–Crippen MR) is 109 cm³/mol. The minimum Gasteiger partial charge on any atom is -0.444 e. The van der Waals surface area contributed by atoms with Crippen LogP contribution in [0.4, 0.5) is 16.2 Å². The first-order valence-electron chi connectivity index (χ1n) is 9.36. The van der Waals surface area contributed by atoms with Gasteiger partial charge in [-0.15, -0.1) is 0 Å². The topological polar surface area (TPSA) is 74.8 Å². The van der Waals surface area contributed by atoms with E-state index in [1.807, 2.05) is 17.0 Å². The van der Waals surface area contributed by atoms with Gasteiger partial charge in [0.1, 0.15) is 5.60 Å². The number of carbonyl (C=O) groups is 2. The van der Waals surface area contributed by atoms with Gasteiger partial charge in [0.2, 0.25) is 0 Å². The summed E-state index contributed by atoms with van der Waals surface area (Å²) in [5, 5.41) is 2.68. The molecule has 1 saturated heterocycles. The van der Waals surface area contributed by atoms with E-state index in [0.717, 1.165) is 18.8 Å². The number of benzene rings is 1. The number of ether oxygens (including phenoxy) is 1. The highest BCUT2D eigenvalue weighted by atomic mass is 16.6. The summed E-state index contributed by atoms with van der Waals surface area (Å²) in [6.07, 6.45) is 3.01. The molecule has 28 heavy (non-hydrogen) atoms. The summed E-state index contributed by atoms with van der Waals surface area (Å²) in [5.41, 5.74) is 1.62. The van der Waals surface area contributed by atoms with Crippen LogP contribution in [0.2, 0.25) is 0 Å². The van der Waals surface area contributed by atoms with Crippen LogP contribution in [0, 0.1) is 0 Å². The van der Waals surface area contributed by atoms with E-state index < -0.39 is 11.7 Å². The first kappa shape index (κ1) is 19.7. The van der Waals surface area contributed by atoms with Gasteiger partial charge in [0.25, 0.3) is 5.91 Å². The molecule has 0 atom stereocenters. The molecule has 7 nitrogen and oxygen atoms in total. The fourth-order valence-electron chi connectivity index (χ4n) is 3.06. The molecule has 1 fully saturated rings. The molecule has 3 rings (SSSR count). The highest BCUT2D eigenvalue weighted by molar-refractivity contribution is 5.96. The quantitative estimate of drug-likeness (QED) is 0.881. The molecule has 0 aliphatic carbocycles. The molecule has 1 aliphatic rings. The van der Waals surface area contributed by atoms with Crippen LogP contribution in [0.5, 0.6) is 0 Å². The van der Waals surface area contributed by atoms with Crippen LogP contribution >= 0.6 is 0 Å². The molecule has 0 spiro atoms. The van der Waals surface area contributed by atoms with Gasteiger partial charge < -0.3 is 14.5 Å². The normalized spacial score (nSPS) is 14.5. The lowest BCUT2D eigenvalue weighted by atomic mass is 10.1. The van der Waals surface area contributed by atoms with Crippen molar-refractivity contribution in [3.8, 4) is 0 Å². The van der Waals surface area contributed by atoms with Crippen molar-refractivity contribution in [2.24, 2.45) is 0 Å². The second-order valence-electron chi connectivity index (χ2n) is 7.69. The monoisotopic (exact) mass is 382 g/mol. The molecule has 0 saturated carbocycles. The summed E-state index contributed by atoms with van der Waals surface area (Å²) >= 11 is 0. The maximum Gasteiger partial charge on any atom is 0.412 e. The maximum absolute atomic E-state index is 12.9. The molecule has 2 amide bonds. The summed E-state index contributed by atoms with van der Waals surface area (Å²) in [6, 6.07) is 10.9. The second kappa shape index (κ2) is 8.29. The van der Waals surface area contributed by atoms with Gasteiger partial charge in [-0.2, -0.15) is 0 Å². The fourth-order valence-corrected chi connectivity index (χ4v) is 3.06. The Balaban J connectivity index is 1.60. The molecule has 1 aromatic heterocycles. The van der Waals surface area contributed by atoms with Crippen LogP contribution in [0.15, 0.2) is 48.8 Å². The molecular formula is C21H26N4O3. The predicted octanol–water partition coefficient (Wildman–Crippen LogP) is 3.39. The number of nitrogens with zero attached hydrogens (tertiary/aromatic N) is 3. The molecule has 0 bridgehead atoms. The van der Waals surface area contributed by atoms with E-state index in [-0.39, 0.29) is 5.91 Å². The van der Waals surface area contributed by atoms with Crippen LogP contribution in [-0.4, -0.2) is 53.7 Å². The Kier molecular flexibility index (Phi) is 5.82. The third-order valence-electron chi connectivity index (χ3n) is 4.35. The van der Waals surface area contributed by atoms with Gasteiger partial charge in [-0.25, -0.2) is 4.79 Å². The zero-order valence-corrected chi connectivity index (χ0v) is 16.5. The third kappa shape index (κ3) is 5.22. The Morgan fingerprint density at radius 3 is 2.36 bits per heavy atom. The van der Waals surface area contributed by atoms with Crippen LogP contribution in [-0.2, 0) is 4.74 Å². The molecule has 2 heterocycles. The molecule has 7 heteroatoms. The Hall–Kier alpha value is -3.09. The van der Waals surface area contributed by atoms with Gasteiger partial charge in [0, 0.05) is 55.5 Å². The maximum atomic E-state index is 12.9. The van der Waals surface area contributed by atoms with Crippen molar-refractivity contribution in [2.45, 2.75) is 26.4 Å². The largest absolute Gasteiger partial charge is 0.444 e. The average molecular weight is 382 g/mol. The molecule has 2 aromatic rings. The number of anilines is 2. The van der Waals surface area contributed by atoms with Crippen molar-refractivity contribution in [2.75, 3.05) is 36.4 Å². The van der Waals surface area contributed by atoms with Crippen LogP contribution in [0.3, 0.4) is 0 Å². The summed E-state index contributed by atoms with van der Waals surface area (Å²) in [5.74, 6) is -0.0396. The van der Waals surface area contributed by atoms with E-state index in [4.69, 9.17) is 4.74 Å². The zero-order valence-electron chi connectivity index (χ0n) is 16.5. The van der Waals surface area contributed by atoms with Crippen molar-refractivity contribution in [1.82, 2.24) is 9.88 Å². The number of rotatable bonds is 3. The third-order valence-corrected chi connectivity index (χ3v) is 4.35. The van der Waals surface area contributed by atoms with E-state index in [2.05, 4.69) is 15.2 Å². The van der Waals surface area contributed by atoms with E-state index in [9.17, 15) is 9.59 Å². The Bertz CT molecular complexity index is 825. The first-order valence-corrected chi connectivity index (χ1v) is 9.36. The van der Waals surface area contributed by atoms with E-state index in [0.29, 0.717) is 24.3 Å². The van der Waals surface area contributed by atoms with Crippen LogP contribution < -0.4 is 10.2 Å². The highest BCUT2D eigenvalue weighted by Crippen LogP contribution is 2.18. The number of carbonyl (C=O) groups excluding carboxylic acids is 2. The number of pyridine rings is 1. The van der Waals surface area contributed by atoms with Crippen LogP contribution in [0.25, 0.3) is 0 Å². The zero-order chi connectivity index (χ0) is 20.1. The molecule has 1 aliphatic heterocycles. The van der Waals surface area contributed by atoms with Gasteiger partial charge in [-0.05, 0) is 51.1 Å². The van der Waals surface area contributed by atoms with Crippen molar-refractivity contribution in [3.63, 3.8) is 0 Å². The number of amides is 2. The van der Waals surface area contributed by atoms with Gasteiger partial charge in [0.05, 0.1) is 0 Å². The smallest absolute Gasteiger partial charge is 0.412 e. The number of nitrogens with one attached hydrogen (secondary N) is 1. The van der Waals surface area contributed by atoms with Gasteiger partial charge in [-0.3, -0.25) is 15.1 Å². The van der Waals surface area contributed by atoms with E-state index >= 15 is 0 Å². The SMILES string of the molecule is CC(C)(C)OC(=O)Nc1cccc(C(=O)N2CCN(c3ccncc3)CC2)c1. The Morgan fingerprint density at radius 2 is 1.71 bits per heavy atom. The molecule has 1 N–H and O–H groups in total. The molecule has 148 valence electrons. The highest BCUT2D eigenvalue weighted by Gasteiger charge is 2.23. The summed E-state index contributed by atoms with van der Waals surface area (Å²) < 4.78 is 5.26. The van der Waals surface area contributed by atoms with E-state index in [1.165, 1.54) is 0 Å². The van der Waals surface area contributed by atoms with Crippen molar-refractivity contribution >= 4 is 23.4 Å². The number of hydrogen-bond donors (Lipinski definition) is 1. The fraction of sp³-hybridized carbons (Fsp3) is 0.381. The number of aromatic nitrogens is 1. The lowest BCUT2D eigenvalue weighted by Gasteiger charge is -2.36. The lowest BCUT2D eigenvalue weighted by molar-refractivity contribution is 0.0634. The molecule has 1 aromatic carbocycles. The Labute approximate surface area is 165 Å². The van der Waals surface area contributed by atoms with Gasteiger partial charge in [-0.1, -0.05) is 6.07 Å². The summed E-state index contributed by atoms with van der Waals surface area (Å²) in [4.78, 5) is 32.9. The summed E-state index contributed by atoms with van der Waals surface area (Å²) in [7, 11) is 0. The van der Waals surface area contributed by atoms with Crippen molar-refractivity contribution < 1.29 is 14.3 Å². The first-order chi connectivity index (χ1) is 13.3. The number of hydrogen-bond acceptors (Lipinski definition) is 5. The second-order valence-corrected chi connectivity index (χ2v) is 7.69. The van der Waals surface area contributed by atoms with Crippen molar-refractivity contribution in [1.29, 1.82) is 0 Å². The standard InChI is InChI=1S/C21H26N4O3/c1-21(2,3)28-20(27)23-17-6-4-5-16(15-17)19(26)25-13-11-24(12-14-25)18-7-9-22-10-8-18/h4-10,15H,11-14H2,1-3H3,(H,23,27). The molecule has 0 unspecified atom stereocenters. The van der Waals surface area contributed by atoms with Gasteiger partial charge in [0.15, 0.2) is 0 Å². The van der Waals surface area contributed by atoms with Crippen molar-refractivity contribution in [3.05, 3.63) is 54.4 Å². The number of piperazine rings is 1. The Morgan fingerprint density at radius 1 is 1.04 bits per heavy atom. The van der Waals surface area contributed by atoms with Gasteiger partial charge >= 0.3 is 6.09 Å². The average Bonchev–Trinajstić information content (AvgIpc) is 2.67. The molecular weight excluding hydrogens is 356 g/mol. The minimum atomic E-state index is -0.577. The lowest BCUT2D eigenvalue weighted by Crippen LogP contribution is -2.48. The summed E-state index contributed by atoms with van der Waals surface area (Å²) in [6.45, 7) is 8.24. The van der Waals surface area contributed by atoms with E-state index in [1.54, 1.807) is 57.4 Å². The van der Waals surface area contributed by atoms with Crippen LogP contribution in [0.1, 0.15) is 31.1 Å². The minimum absolute atomic E-state index is 0.0396. The molecule has 0 radical (unpaired) electrons.